The molecule has 1 heterocycles. The minimum atomic E-state index is 0. The van der Waals surface area contributed by atoms with Gasteiger partial charge in [-0.3, -0.25) is 4.99 Å². The number of likely N-dealkylation sites (N-methyl/N-ethyl adjacent to an activating group) is 1. The van der Waals surface area contributed by atoms with Gasteiger partial charge in [0, 0.05) is 29.6 Å². The van der Waals surface area contributed by atoms with E-state index in [0.717, 1.165) is 34.1 Å². The predicted octanol–water partition coefficient (Wildman–Crippen LogP) is 3.11. The van der Waals surface area contributed by atoms with Crippen molar-refractivity contribution in [3.05, 3.63) is 33.3 Å². The summed E-state index contributed by atoms with van der Waals surface area (Å²) in [5, 5.41) is 4.05. The predicted molar refractivity (Wildman–Crippen MR) is 86.3 cm³/mol. The summed E-state index contributed by atoms with van der Waals surface area (Å²) in [6.07, 6.45) is 0. The summed E-state index contributed by atoms with van der Waals surface area (Å²) >= 11 is 9.51. The molecule has 94 valence electrons. The molecule has 1 aliphatic rings. The van der Waals surface area contributed by atoms with E-state index in [1.807, 2.05) is 25.2 Å². The number of guanidine groups is 1. The van der Waals surface area contributed by atoms with Crippen LogP contribution in [0.4, 0.5) is 0 Å². The molecular weight excluding hydrogens is 416 g/mol. The van der Waals surface area contributed by atoms with Crippen LogP contribution in [-0.2, 0) is 6.54 Å². The number of benzene rings is 1. The van der Waals surface area contributed by atoms with Gasteiger partial charge in [-0.05, 0) is 17.7 Å². The van der Waals surface area contributed by atoms with Crippen molar-refractivity contribution in [2.45, 2.75) is 6.54 Å². The Hall–Kier alpha value is -0.0100. The molecule has 0 saturated heterocycles. The molecule has 0 radical (unpaired) electrons. The van der Waals surface area contributed by atoms with Crippen LogP contribution in [0.25, 0.3) is 0 Å². The first-order valence-corrected chi connectivity index (χ1v) is 6.27. The highest BCUT2D eigenvalue weighted by molar-refractivity contribution is 14.0. The Morgan fingerprint density at radius 2 is 2.29 bits per heavy atom. The van der Waals surface area contributed by atoms with Gasteiger partial charge >= 0.3 is 0 Å². The molecule has 1 aliphatic heterocycles. The Kier molecular flexibility index (Phi) is 6.02. The van der Waals surface area contributed by atoms with Crippen LogP contribution in [0, 0.1) is 0 Å². The number of nitrogens with one attached hydrogen (secondary N) is 1. The molecule has 0 amide bonds. The third-order valence-corrected chi connectivity index (χ3v) is 3.36. The maximum absolute atomic E-state index is 6.13. The second-order valence-electron chi connectivity index (χ2n) is 3.72. The molecule has 1 aromatic carbocycles. The van der Waals surface area contributed by atoms with Crippen molar-refractivity contribution in [3.8, 4) is 0 Å². The maximum Gasteiger partial charge on any atom is 0.194 e. The minimum absolute atomic E-state index is 0. The summed E-state index contributed by atoms with van der Waals surface area (Å²) in [5.74, 6) is 0.944. The monoisotopic (exact) mass is 429 g/mol. The molecule has 6 heteroatoms. The lowest BCUT2D eigenvalue weighted by molar-refractivity contribution is 0.534. The summed E-state index contributed by atoms with van der Waals surface area (Å²) < 4.78 is 0.997. The number of hydrogen-bond acceptors (Lipinski definition) is 3. The first-order valence-electron chi connectivity index (χ1n) is 5.10. The highest BCUT2D eigenvalue weighted by Crippen LogP contribution is 2.21. The molecule has 0 unspecified atom stereocenters. The van der Waals surface area contributed by atoms with Gasteiger partial charge in [0.2, 0.25) is 0 Å². The van der Waals surface area contributed by atoms with E-state index in [0.29, 0.717) is 6.54 Å². The average Bonchev–Trinajstić information content (AvgIpc) is 2.63. The number of aliphatic imine (C=N–C) groups is 1. The van der Waals surface area contributed by atoms with Gasteiger partial charge in [0.15, 0.2) is 5.96 Å². The SMILES string of the molecule is CN1CCN=C1NCc1ccc(Br)cc1Cl.I. The van der Waals surface area contributed by atoms with Crippen molar-refractivity contribution < 1.29 is 0 Å². The summed E-state index contributed by atoms with van der Waals surface area (Å²) in [4.78, 5) is 6.46. The van der Waals surface area contributed by atoms with E-state index in [2.05, 4.69) is 31.1 Å². The molecule has 2 rings (SSSR count). The zero-order valence-corrected chi connectivity index (χ0v) is 14.1. The lowest BCUT2D eigenvalue weighted by Gasteiger charge is -2.15. The zero-order valence-electron chi connectivity index (χ0n) is 9.41. The Balaban J connectivity index is 0.00000144. The summed E-state index contributed by atoms with van der Waals surface area (Å²) in [6.45, 7) is 2.55. The topological polar surface area (TPSA) is 27.6 Å². The van der Waals surface area contributed by atoms with Crippen LogP contribution >= 0.6 is 51.5 Å². The van der Waals surface area contributed by atoms with E-state index < -0.39 is 0 Å². The molecule has 0 atom stereocenters. The van der Waals surface area contributed by atoms with E-state index in [-0.39, 0.29) is 24.0 Å². The van der Waals surface area contributed by atoms with E-state index in [9.17, 15) is 0 Å². The van der Waals surface area contributed by atoms with Gasteiger partial charge in [-0.15, -0.1) is 24.0 Å². The van der Waals surface area contributed by atoms with E-state index in [1.54, 1.807) is 0 Å². The van der Waals surface area contributed by atoms with Crippen LogP contribution in [0.1, 0.15) is 5.56 Å². The minimum Gasteiger partial charge on any atom is -0.352 e. The van der Waals surface area contributed by atoms with E-state index >= 15 is 0 Å². The lowest BCUT2D eigenvalue weighted by Crippen LogP contribution is -2.35. The second kappa shape index (κ2) is 6.80. The molecule has 0 saturated carbocycles. The van der Waals surface area contributed by atoms with E-state index in [1.165, 1.54) is 0 Å². The molecule has 17 heavy (non-hydrogen) atoms. The quantitative estimate of drug-likeness (QED) is 0.731. The lowest BCUT2D eigenvalue weighted by atomic mass is 10.2. The Bertz CT molecular complexity index is 425. The van der Waals surface area contributed by atoms with Crippen molar-refractivity contribution >= 4 is 57.5 Å². The van der Waals surface area contributed by atoms with Crippen molar-refractivity contribution in [3.63, 3.8) is 0 Å². The molecule has 1 N–H and O–H groups in total. The molecule has 3 nitrogen and oxygen atoms in total. The van der Waals surface area contributed by atoms with Crippen molar-refractivity contribution in [1.82, 2.24) is 10.2 Å². The number of rotatable bonds is 2. The first kappa shape index (κ1) is 15.0. The summed E-state index contributed by atoms with van der Waals surface area (Å²) in [7, 11) is 2.03. The fraction of sp³-hybridized carbons (Fsp3) is 0.364. The fourth-order valence-electron chi connectivity index (χ4n) is 1.56. The number of hydrogen-bond donors (Lipinski definition) is 1. The third kappa shape index (κ3) is 3.99. The summed E-state index contributed by atoms with van der Waals surface area (Å²) in [5.41, 5.74) is 1.08. The highest BCUT2D eigenvalue weighted by atomic mass is 127. The molecule has 0 bridgehead atoms. The van der Waals surface area contributed by atoms with Gasteiger partial charge in [0.1, 0.15) is 0 Å². The molecular formula is C11H14BrClIN3. The summed E-state index contributed by atoms with van der Waals surface area (Å²) in [6, 6.07) is 5.90. The largest absolute Gasteiger partial charge is 0.352 e. The van der Waals surface area contributed by atoms with Crippen LogP contribution in [0.5, 0.6) is 0 Å². The van der Waals surface area contributed by atoms with Crippen LogP contribution in [0.3, 0.4) is 0 Å². The second-order valence-corrected chi connectivity index (χ2v) is 5.04. The normalized spacial score (nSPS) is 14.3. The highest BCUT2D eigenvalue weighted by Gasteiger charge is 2.11. The standard InChI is InChI=1S/C11H13BrClN3.HI/c1-16-5-4-14-11(16)15-7-8-2-3-9(12)6-10(8)13;/h2-3,6H,4-5,7H2,1H3,(H,14,15);1H. The number of halogens is 3. The van der Waals surface area contributed by atoms with Gasteiger partial charge in [0.25, 0.3) is 0 Å². The smallest absolute Gasteiger partial charge is 0.194 e. The molecule has 0 spiro atoms. The van der Waals surface area contributed by atoms with E-state index in [4.69, 9.17) is 11.6 Å². The van der Waals surface area contributed by atoms with Crippen LogP contribution in [-0.4, -0.2) is 31.0 Å². The molecule has 0 aromatic heterocycles. The average molecular weight is 431 g/mol. The Morgan fingerprint density at radius 1 is 1.53 bits per heavy atom. The van der Waals surface area contributed by atoms with Crippen LogP contribution in [0.2, 0.25) is 5.02 Å². The van der Waals surface area contributed by atoms with Gasteiger partial charge in [0.05, 0.1) is 6.54 Å². The number of nitrogens with zero attached hydrogens (tertiary/aromatic N) is 2. The molecule has 0 aliphatic carbocycles. The van der Waals surface area contributed by atoms with Gasteiger partial charge in [-0.25, -0.2) is 0 Å². The molecule has 0 fully saturated rings. The zero-order chi connectivity index (χ0) is 11.5. The third-order valence-electron chi connectivity index (χ3n) is 2.51. The van der Waals surface area contributed by atoms with Crippen LogP contribution in [0.15, 0.2) is 27.7 Å². The maximum atomic E-state index is 6.13. The van der Waals surface area contributed by atoms with Crippen molar-refractivity contribution in [2.75, 3.05) is 20.1 Å². The van der Waals surface area contributed by atoms with Gasteiger partial charge < -0.3 is 10.2 Å². The van der Waals surface area contributed by atoms with Crippen LogP contribution < -0.4 is 5.32 Å². The first-order chi connectivity index (χ1) is 7.66. The molecule has 1 aromatic rings. The Labute approximate surface area is 132 Å². The van der Waals surface area contributed by atoms with Crippen molar-refractivity contribution in [2.24, 2.45) is 4.99 Å². The Morgan fingerprint density at radius 3 is 2.88 bits per heavy atom. The van der Waals surface area contributed by atoms with Gasteiger partial charge in [-0.1, -0.05) is 33.6 Å². The van der Waals surface area contributed by atoms with Gasteiger partial charge in [-0.2, -0.15) is 0 Å². The van der Waals surface area contributed by atoms with Crippen molar-refractivity contribution in [1.29, 1.82) is 0 Å². The fourth-order valence-corrected chi connectivity index (χ4v) is 2.30.